The second kappa shape index (κ2) is 13.2. The van der Waals surface area contributed by atoms with Crippen LogP contribution in [0.5, 0.6) is 5.75 Å². The van der Waals surface area contributed by atoms with Crippen molar-refractivity contribution in [2.75, 3.05) is 41.7 Å². The molecule has 2 aliphatic heterocycles. The Kier molecular flexibility index (Phi) is 9.20. The Morgan fingerprint density at radius 2 is 1.87 bits per heavy atom. The number of likely N-dealkylation sites (tertiary alicyclic amines) is 1. The molecule has 4 heterocycles. The van der Waals surface area contributed by atoms with E-state index < -0.39 is 0 Å². The zero-order chi connectivity index (χ0) is 27.0. The molecule has 2 N–H and O–H groups in total. The van der Waals surface area contributed by atoms with E-state index in [1.165, 1.54) is 16.9 Å². The first-order valence-electron chi connectivity index (χ1n) is 13.9. The summed E-state index contributed by atoms with van der Waals surface area (Å²) in [6.45, 7) is 8.86. The Bertz CT molecular complexity index is 1200. The van der Waals surface area contributed by atoms with Crippen molar-refractivity contribution in [2.45, 2.75) is 64.6 Å². The van der Waals surface area contributed by atoms with Gasteiger partial charge in [-0.3, -0.25) is 9.69 Å². The number of hydrogen-bond acceptors (Lipinski definition) is 10. The van der Waals surface area contributed by atoms with E-state index in [9.17, 15) is 4.79 Å². The molecule has 1 atom stereocenters. The lowest BCUT2D eigenvalue weighted by atomic mass is 9.92. The number of ether oxygens (including phenoxy) is 1. The van der Waals surface area contributed by atoms with Crippen molar-refractivity contribution in [3.8, 4) is 5.75 Å². The van der Waals surface area contributed by atoms with Gasteiger partial charge in [0.05, 0.1) is 6.10 Å². The molecular formula is C28H38N8O2S. The zero-order valence-electron chi connectivity index (χ0n) is 22.8. The number of anilines is 3. The zero-order valence-corrected chi connectivity index (χ0v) is 23.6. The molecule has 2 fully saturated rings. The summed E-state index contributed by atoms with van der Waals surface area (Å²) in [5.41, 5.74) is 1.24. The topological polar surface area (TPSA) is 108 Å². The number of carbonyl (C=O) groups excluding carboxylic acids is 1. The van der Waals surface area contributed by atoms with Crippen LogP contribution in [0.3, 0.4) is 0 Å². The van der Waals surface area contributed by atoms with Crippen molar-refractivity contribution in [2.24, 2.45) is 5.92 Å². The first kappa shape index (κ1) is 27.3. The molecule has 0 unspecified atom stereocenters. The summed E-state index contributed by atoms with van der Waals surface area (Å²) in [5.74, 6) is 2.45. The van der Waals surface area contributed by atoms with Gasteiger partial charge >= 0.3 is 0 Å². The minimum absolute atomic E-state index is 0.00887. The van der Waals surface area contributed by atoms with Crippen LogP contribution in [0.1, 0.15) is 51.5 Å². The van der Waals surface area contributed by atoms with Crippen molar-refractivity contribution < 1.29 is 9.53 Å². The van der Waals surface area contributed by atoms with E-state index in [-0.39, 0.29) is 18.1 Å². The van der Waals surface area contributed by atoms with Gasteiger partial charge in [0.2, 0.25) is 16.2 Å². The van der Waals surface area contributed by atoms with E-state index >= 15 is 0 Å². The Hall–Kier alpha value is -3.31. The summed E-state index contributed by atoms with van der Waals surface area (Å²) in [5, 5.41) is 24.2. The van der Waals surface area contributed by atoms with E-state index in [1.54, 1.807) is 6.20 Å². The average molecular weight is 551 g/mol. The largest absolute Gasteiger partial charge is 0.491 e. The predicted octanol–water partition coefficient (Wildman–Crippen LogP) is 4.44. The molecule has 3 aromatic rings. The molecule has 2 aliphatic rings. The molecule has 0 bridgehead atoms. The number of amides is 1. The molecule has 0 aliphatic carbocycles. The maximum absolute atomic E-state index is 12.6. The molecule has 11 heteroatoms. The van der Waals surface area contributed by atoms with Gasteiger partial charge in [-0.1, -0.05) is 29.5 Å². The van der Waals surface area contributed by atoms with Crippen molar-refractivity contribution in [3.63, 3.8) is 0 Å². The Labute approximate surface area is 234 Å². The lowest BCUT2D eigenvalue weighted by Gasteiger charge is -2.32. The quantitative estimate of drug-likeness (QED) is 0.358. The number of aromatic nitrogens is 4. The third-order valence-corrected chi connectivity index (χ3v) is 8.06. The van der Waals surface area contributed by atoms with Crippen LogP contribution in [0.15, 0.2) is 42.6 Å². The fourth-order valence-electron chi connectivity index (χ4n) is 5.25. The number of nitrogens with one attached hydrogen (secondary N) is 2. The second-order valence-corrected chi connectivity index (χ2v) is 11.6. The second-order valence-electron chi connectivity index (χ2n) is 10.7. The van der Waals surface area contributed by atoms with Crippen molar-refractivity contribution in [1.29, 1.82) is 0 Å². The van der Waals surface area contributed by atoms with Crippen LogP contribution in [0, 0.1) is 5.92 Å². The van der Waals surface area contributed by atoms with E-state index in [0.29, 0.717) is 17.5 Å². The van der Waals surface area contributed by atoms with Crippen molar-refractivity contribution >= 4 is 33.3 Å². The molecule has 1 aromatic carbocycles. The molecule has 2 aromatic heterocycles. The number of carbonyl (C=O) groups is 1. The highest BCUT2D eigenvalue weighted by Gasteiger charge is 2.25. The van der Waals surface area contributed by atoms with Gasteiger partial charge in [0.15, 0.2) is 5.82 Å². The fourth-order valence-corrected chi connectivity index (χ4v) is 5.99. The molecule has 1 amide bonds. The van der Waals surface area contributed by atoms with E-state index in [1.807, 2.05) is 18.2 Å². The first-order valence-corrected chi connectivity index (χ1v) is 14.7. The number of nitrogens with zero attached hydrogens (tertiary/aromatic N) is 6. The molecule has 39 heavy (non-hydrogen) atoms. The minimum atomic E-state index is 0.00887. The summed E-state index contributed by atoms with van der Waals surface area (Å²) in [6.07, 6.45) is 6.46. The van der Waals surface area contributed by atoms with Crippen LogP contribution in [0.2, 0.25) is 0 Å². The molecule has 2 saturated heterocycles. The smallest absolute Gasteiger partial charge is 0.226 e. The van der Waals surface area contributed by atoms with Gasteiger partial charge < -0.3 is 20.3 Å². The van der Waals surface area contributed by atoms with Gasteiger partial charge in [0.1, 0.15) is 5.75 Å². The van der Waals surface area contributed by atoms with Gasteiger partial charge in [0.25, 0.3) is 0 Å². The molecule has 0 radical (unpaired) electrons. The van der Waals surface area contributed by atoms with Gasteiger partial charge in [-0.25, -0.2) is 0 Å². The highest BCUT2D eigenvalue weighted by atomic mass is 32.1. The highest BCUT2D eigenvalue weighted by molar-refractivity contribution is 7.19. The third-order valence-electron chi connectivity index (χ3n) is 7.29. The maximum Gasteiger partial charge on any atom is 0.226 e. The van der Waals surface area contributed by atoms with Gasteiger partial charge in [0, 0.05) is 43.9 Å². The van der Waals surface area contributed by atoms with Crippen LogP contribution in [-0.4, -0.2) is 69.5 Å². The lowest BCUT2D eigenvalue weighted by molar-refractivity contribution is -0.116. The number of rotatable bonds is 11. The minimum Gasteiger partial charge on any atom is -0.491 e. The number of benzene rings is 1. The third kappa shape index (κ3) is 7.86. The van der Waals surface area contributed by atoms with Crippen LogP contribution in [-0.2, 0) is 11.3 Å². The molecule has 10 nitrogen and oxygen atoms in total. The fraction of sp³-hybridized carbons (Fsp3) is 0.536. The molecule has 0 saturated carbocycles. The number of hydrogen-bond donors (Lipinski definition) is 2. The summed E-state index contributed by atoms with van der Waals surface area (Å²) in [6, 6.07) is 12.5. The maximum atomic E-state index is 12.6. The van der Waals surface area contributed by atoms with E-state index in [4.69, 9.17) is 4.74 Å². The van der Waals surface area contributed by atoms with Crippen LogP contribution >= 0.6 is 11.3 Å². The van der Waals surface area contributed by atoms with Crippen LogP contribution in [0.25, 0.3) is 0 Å². The van der Waals surface area contributed by atoms with Crippen LogP contribution in [0.4, 0.5) is 16.1 Å². The van der Waals surface area contributed by atoms with Gasteiger partial charge in [-0.15, -0.1) is 15.3 Å². The monoisotopic (exact) mass is 550 g/mol. The van der Waals surface area contributed by atoms with Crippen molar-refractivity contribution in [3.05, 3.63) is 48.2 Å². The van der Waals surface area contributed by atoms with Gasteiger partial charge in [-0.2, -0.15) is 5.10 Å². The molecule has 0 spiro atoms. The highest BCUT2D eigenvalue weighted by Crippen LogP contribution is 2.28. The number of piperidine rings is 1. The normalized spacial score (nSPS) is 18.4. The Morgan fingerprint density at radius 1 is 1.05 bits per heavy atom. The summed E-state index contributed by atoms with van der Waals surface area (Å²) in [7, 11) is 0. The molecular weight excluding hydrogens is 512 g/mol. The predicted molar refractivity (Wildman–Crippen MR) is 154 cm³/mol. The first-order chi connectivity index (χ1) is 19.0. The molecule has 5 rings (SSSR count). The summed E-state index contributed by atoms with van der Waals surface area (Å²) in [4.78, 5) is 17.3. The SMILES string of the molecule is CC(C)Oc1ccccc1CN1CCC(CCC(=O)Nc2nnc(N[C@@H]3CCN(c4cccnn4)C3)s2)CC1. The van der Waals surface area contributed by atoms with Crippen LogP contribution < -0.4 is 20.3 Å². The van der Waals surface area contributed by atoms with Crippen molar-refractivity contribution in [1.82, 2.24) is 25.3 Å². The van der Waals surface area contributed by atoms with E-state index in [0.717, 1.165) is 75.1 Å². The van der Waals surface area contributed by atoms with Gasteiger partial charge in [-0.05, 0) is 76.7 Å². The number of para-hydroxylation sites is 1. The standard InChI is InChI=1S/C28H38N8O2S/c1-20(2)38-24-7-4-3-6-22(24)18-35-15-11-21(12-16-35)9-10-26(37)31-28-34-33-27(39-28)30-23-13-17-36(19-23)25-8-5-14-29-32-25/h3-8,14,20-21,23H,9-13,15-19H2,1-2H3,(H,30,33)(H,31,34,37)/t23-/m1/s1. The summed E-state index contributed by atoms with van der Waals surface area (Å²) >= 11 is 1.38. The Morgan fingerprint density at radius 3 is 2.67 bits per heavy atom. The summed E-state index contributed by atoms with van der Waals surface area (Å²) < 4.78 is 5.99. The molecule has 208 valence electrons. The lowest BCUT2D eigenvalue weighted by Crippen LogP contribution is -2.33. The average Bonchev–Trinajstić information content (AvgIpc) is 3.59. The Balaban J connectivity index is 1.00. The van der Waals surface area contributed by atoms with E-state index in [2.05, 4.69) is 72.9 Å².